The molecule has 3 aromatic carbocycles. The van der Waals surface area contributed by atoms with Gasteiger partial charge in [-0.25, -0.2) is 4.79 Å². The molecule has 1 amide bonds. The zero-order chi connectivity index (χ0) is 33.9. The highest BCUT2D eigenvalue weighted by atomic mass is 16.7. The van der Waals surface area contributed by atoms with Crippen LogP contribution in [0.2, 0.25) is 0 Å². The Morgan fingerprint density at radius 2 is 1.40 bits per heavy atom. The van der Waals surface area contributed by atoms with E-state index in [0.717, 1.165) is 11.1 Å². The quantitative estimate of drug-likeness (QED) is 0.198. The lowest BCUT2D eigenvalue weighted by molar-refractivity contribution is -0.300. The number of ether oxygens (including phenoxy) is 5. The molecule has 1 fully saturated rings. The second-order valence-corrected chi connectivity index (χ2v) is 11.7. The first-order valence-corrected chi connectivity index (χ1v) is 15.8. The number of esters is 2. The molecule has 250 valence electrons. The third-order valence-corrected chi connectivity index (χ3v) is 8.34. The van der Waals surface area contributed by atoms with Crippen LogP contribution in [0.4, 0.5) is 10.5 Å². The number of hydrogen-bond donors (Lipinski definition) is 2. The van der Waals surface area contributed by atoms with Gasteiger partial charge in [-0.05, 0) is 61.1 Å². The first-order chi connectivity index (χ1) is 23.4. The van der Waals surface area contributed by atoms with Crippen LogP contribution >= 0.6 is 0 Å². The number of carbonyl (C=O) groups excluding carboxylic acids is 3. The first kappa shape index (κ1) is 34.3. The normalized spacial score (nSPS) is 26.0. The van der Waals surface area contributed by atoms with Crippen molar-refractivity contribution in [3.63, 3.8) is 0 Å². The van der Waals surface area contributed by atoms with Crippen molar-refractivity contribution >= 4 is 23.7 Å². The number of amides is 1. The Bertz CT molecular complexity index is 1590. The molecule has 1 saturated heterocycles. The van der Waals surface area contributed by atoms with Crippen molar-refractivity contribution in [2.75, 3.05) is 19.0 Å². The number of fused-ring (bicyclic) bond motifs is 1. The Labute approximate surface area is 279 Å². The van der Waals surface area contributed by atoms with Gasteiger partial charge in [0.25, 0.3) is 0 Å². The van der Waals surface area contributed by atoms with E-state index in [4.69, 9.17) is 28.9 Å². The minimum absolute atomic E-state index is 0.330. The van der Waals surface area contributed by atoms with Gasteiger partial charge in [-0.3, -0.25) is 14.9 Å². The molecule has 0 aromatic heterocycles. The summed E-state index contributed by atoms with van der Waals surface area (Å²) in [5, 5.41) is 22.0. The molecule has 11 nitrogen and oxygen atoms in total. The molecule has 0 bridgehead atoms. The molecule has 11 heteroatoms. The van der Waals surface area contributed by atoms with E-state index in [2.05, 4.69) is 5.32 Å². The highest BCUT2D eigenvalue weighted by molar-refractivity contribution is 5.85. The monoisotopic (exact) mass is 654 g/mol. The van der Waals surface area contributed by atoms with Crippen molar-refractivity contribution in [1.82, 2.24) is 0 Å². The summed E-state index contributed by atoms with van der Waals surface area (Å²) >= 11 is 0. The van der Waals surface area contributed by atoms with Crippen LogP contribution in [0.15, 0.2) is 97.1 Å². The van der Waals surface area contributed by atoms with E-state index in [9.17, 15) is 19.5 Å². The van der Waals surface area contributed by atoms with Crippen molar-refractivity contribution in [2.24, 2.45) is 11.8 Å². The summed E-state index contributed by atoms with van der Waals surface area (Å²) in [4.78, 5) is 40.9. The number of benzene rings is 3. The van der Waals surface area contributed by atoms with E-state index >= 15 is 0 Å². The SMILES string of the molecule is CO[C@H]1O[C@H](CO)[C@@H](OC(=O)Nc2ccc(C#N)cc2)[C@@H]2OC(=O)[C@H](Cc3ccccc3)CC=CC[C@@H](Cc3ccccc3)C(=O)O[C@@H]12. The predicted molar refractivity (Wildman–Crippen MR) is 173 cm³/mol. The Hall–Kier alpha value is -5.02. The number of aliphatic hydroxyl groups is 1. The van der Waals surface area contributed by atoms with Crippen LogP contribution in [0.5, 0.6) is 0 Å². The van der Waals surface area contributed by atoms with Gasteiger partial charge in [0, 0.05) is 12.8 Å². The topological polar surface area (TPSA) is 153 Å². The number of carbonyl (C=O) groups is 3. The van der Waals surface area contributed by atoms with Gasteiger partial charge < -0.3 is 28.8 Å². The molecule has 7 atom stereocenters. The average Bonchev–Trinajstić information content (AvgIpc) is 3.11. The van der Waals surface area contributed by atoms with Gasteiger partial charge in [0.2, 0.25) is 0 Å². The van der Waals surface area contributed by atoms with Gasteiger partial charge in [0.15, 0.2) is 24.6 Å². The fourth-order valence-electron chi connectivity index (χ4n) is 5.82. The van der Waals surface area contributed by atoms with E-state index in [1.165, 1.54) is 31.4 Å². The van der Waals surface area contributed by atoms with Crippen molar-refractivity contribution in [3.05, 3.63) is 114 Å². The molecule has 0 unspecified atom stereocenters. The second kappa shape index (κ2) is 16.7. The summed E-state index contributed by atoms with van der Waals surface area (Å²) in [6, 6.07) is 27.2. The number of aliphatic hydroxyl groups excluding tert-OH is 1. The van der Waals surface area contributed by atoms with Gasteiger partial charge in [0.05, 0.1) is 30.1 Å². The van der Waals surface area contributed by atoms with Gasteiger partial charge in [-0.1, -0.05) is 72.8 Å². The zero-order valence-electron chi connectivity index (χ0n) is 26.5. The Kier molecular flexibility index (Phi) is 11.9. The van der Waals surface area contributed by atoms with Crippen LogP contribution in [0, 0.1) is 23.2 Å². The Morgan fingerprint density at radius 1 is 0.854 bits per heavy atom. The fraction of sp³-hybridized carbons (Fsp3) is 0.351. The van der Waals surface area contributed by atoms with Gasteiger partial charge in [0.1, 0.15) is 6.10 Å². The summed E-state index contributed by atoms with van der Waals surface area (Å²) in [5.74, 6) is -2.41. The molecule has 3 aromatic rings. The molecule has 0 spiro atoms. The number of allylic oxidation sites excluding steroid dienone is 2. The lowest BCUT2D eigenvalue weighted by Gasteiger charge is -2.44. The highest BCUT2D eigenvalue weighted by Crippen LogP contribution is 2.32. The number of anilines is 1. The summed E-state index contributed by atoms with van der Waals surface area (Å²) in [5.41, 5.74) is 2.60. The van der Waals surface area contributed by atoms with Crippen LogP contribution in [0.25, 0.3) is 0 Å². The number of rotatable bonds is 8. The minimum Gasteiger partial charge on any atom is -0.454 e. The molecule has 2 aliphatic heterocycles. The van der Waals surface area contributed by atoms with E-state index in [1.807, 2.05) is 78.9 Å². The van der Waals surface area contributed by atoms with E-state index in [-0.39, 0.29) is 0 Å². The molecule has 5 rings (SSSR count). The lowest BCUT2D eigenvalue weighted by Crippen LogP contribution is -2.63. The molecule has 0 aliphatic carbocycles. The molecule has 2 heterocycles. The third kappa shape index (κ3) is 8.86. The maximum absolute atomic E-state index is 13.9. The number of nitrogens with one attached hydrogen (secondary N) is 1. The summed E-state index contributed by atoms with van der Waals surface area (Å²) in [6.45, 7) is -0.629. The molecule has 0 radical (unpaired) electrons. The minimum atomic E-state index is -1.40. The van der Waals surface area contributed by atoms with Crippen LogP contribution in [0.3, 0.4) is 0 Å². The zero-order valence-corrected chi connectivity index (χ0v) is 26.5. The van der Waals surface area contributed by atoms with Crippen LogP contribution < -0.4 is 5.32 Å². The van der Waals surface area contributed by atoms with Crippen molar-refractivity contribution in [3.8, 4) is 6.07 Å². The van der Waals surface area contributed by atoms with Crippen LogP contribution in [-0.4, -0.2) is 67.6 Å². The van der Waals surface area contributed by atoms with Crippen molar-refractivity contribution in [2.45, 2.75) is 56.4 Å². The number of hydrogen-bond acceptors (Lipinski definition) is 10. The number of nitriles is 1. The van der Waals surface area contributed by atoms with E-state index < -0.39 is 67.2 Å². The molecule has 2 aliphatic rings. The average molecular weight is 655 g/mol. The molecule has 2 N–H and O–H groups in total. The lowest BCUT2D eigenvalue weighted by atomic mass is 9.92. The van der Waals surface area contributed by atoms with Crippen LogP contribution in [0.1, 0.15) is 29.5 Å². The molecule has 0 saturated carbocycles. The van der Waals surface area contributed by atoms with E-state index in [0.29, 0.717) is 36.9 Å². The maximum atomic E-state index is 13.9. The highest BCUT2D eigenvalue weighted by Gasteiger charge is 2.53. The maximum Gasteiger partial charge on any atom is 0.412 e. The standard InChI is InChI=1S/C37H38N2O9/c1-44-36-33-32(31(30(23-40)45-36)48-37(43)39-29-18-16-26(22-38)17-19-29)46-34(41)27(20-24-10-4-2-5-11-24)14-8-9-15-28(35(42)47-33)21-25-12-6-3-7-13-25/h2-13,16-19,27-28,30-33,36,40H,14-15,20-21,23H2,1H3,(H,39,43)/t27-,28-,30+,31+,32-,33+,36-/m0/s1. The second-order valence-electron chi connectivity index (χ2n) is 11.7. The Balaban J connectivity index is 1.48. The fourth-order valence-corrected chi connectivity index (χ4v) is 5.82. The largest absolute Gasteiger partial charge is 0.454 e. The van der Waals surface area contributed by atoms with Crippen LogP contribution in [-0.2, 0) is 46.1 Å². The molecular formula is C37H38N2O9. The summed E-state index contributed by atoms with van der Waals surface area (Å²) in [7, 11) is 1.34. The van der Waals surface area contributed by atoms with E-state index in [1.54, 1.807) is 0 Å². The van der Waals surface area contributed by atoms with Gasteiger partial charge in [-0.2, -0.15) is 5.26 Å². The van der Waals surface area contributed by atoms with Gasteiger partial charge in [-0.15, -0.1) is 0 Å². The molecule has 48 heavy (non-hydrogen) atoms. The molecular weight excluding hydrogens is 616 g/mol. The first-order valence-electron chi connectivity index (χ1n) is 15.8. The number of nitrogens with zero attached hydrogens (tertiary/aromatic N) is 1. The predicted octanol–water partition coefficient (Wildman–Crippen LogP) is 4.73. The third-order valence-electron chi connectivity index (χ3n) is 8.34. The number of methoxy groups -OCH3 is 1. The Morgan fingerprint density at radius 3 is 1.90 bits per heavy atom. The van der Waals surface area contributed by atoms with Crippen molar-refractivity contribution < 1.29 is 43.2 Å². The van der Waals surface area contributed by atoms with Gasteiger partial charge >= 0.3 is 18.0 Å². The smallest absolute Gasteiger partial charge is 0.412 e. The summed E-state index contributed by atoms with van der Waals surface area (Å²) in [6.07, 6.45) is -2.35. The summed E-state index contributed by atoms with van der Waals surface area (Å²) < 4.78 is 29.4. The van der Waals surface area contributed by atoms with Crippen molar-refractivity contribution in [1.29, 1.82) is 5.26 Å².